The summed E-state index contributed by atoms with van der Waals surface area (Å²) >= 11 is 0. The number of nitrogens with one attached hydrogen (secondary N) is 1. The molecule has 21 heavy (non-hydrogen) atoms. The first-order chi connectivity index (χ1) is 9.59. The second kappa shape index (κ2) is 6.74. The van der Waals surface area contributed by atoms with E-state index in [0.29, 0.717) is 12.8 Å². The van der Waals surface area contributed by atoms with Crippen molar-refractivity contribution in [2.45, 2.75) is 45.6 Å². The van der Waals surface area contributed by atoms with Gasteiger partial charge in [-0.25, -0.2) is 13.1 Å². The van der Waals surface area contributed by atoms with Crippen LogP contribution in [0.1, 0.15) is 39.5 Å². The van der Waals surface area contributed by atoms with Gasteiger partial charge in [0.25, 0.3) is 0 Å². The second-order valence-corrected chi connectivity index (χ2v) is 7.90. The van der Waals surface area contributed by atoms with Crippen molar-refractivity contribution >= 4 is 22.0 Å². The number of carbonyl (C=O) groups excluding carboxylic acids is 1. The van der Waals surface area contributed by atoms with Gasteiger partial charge in [0.15, 0.2) is 0 Å². The molecule has 0 bridgehead atoms. The third-order valence-corrected chi connectivity index (χ3v) is 5.16. The van der Waals surface area contributed by atoms with Gasteiger partial charge in [-0.15, -0.1) is 0 Å². The summed E-state index contributed by atoms with van der Waals surface area (Å²) in [4.78, 5) is 22.4. The number of rotatable bonds is 9. The van der Waals surface area contributed by atoms with Gasteiger partial charge in [-0.05, 0) is 30.6 Å². The third-order valence-electron chi connectivity index (χ3n) is 3.53. The summed E-state index contributed by atoms with van der Waals surface area (Å²) in [6.45, 7) is 3.65. The Labute approximate surface area is 125 Å². The van der Waals surface area contributed by atoms with E-state index in [1.54, 1.807) is 0 Å². The Morgan fingerprint density at radius 2 is 1.90 bits per heavy atom. The molecule has 0 heterocycles. The van der Waals surface area contributed by atoms with E-state index in [1.165, 1.54) is 7.11 Å². The predicted octanol–water partition coefficient (Wildman–Crippen LogP) is 0.748. The van der Waals surface area contributed by atoms with Gasteiger partial charge in [0.05, 0.1) is 19.3 Å². The van der Waals surface area contributed by atoms with Crippen LogP contribution in [0.2, 0.25) is 0 Å². The van der Waals surface area contributed by atoms with Crippen LogP contribution < -0.4 is 4.72 Å². The van der Waals surface area contributed by atoms with Gasteiger partial charge in [0.1, 0.15) is 6.04 Å². The first-order valence-corrected chi connectivity index (χ1v) is 8.54. The van der Waals surface area contributed by atoms with Crippen molar-refractivity contribution in [3.63, 3.8) is 0 Å². The number of aliphatic carboxylic acids is 1. The average Bonchev–Trinajstić information content (AvgIpc) is 3.05. The minimum Gasteiger partial charge on any atom is -0.480 e. The summed E-state index contributed by atoms with van der Waals surface area (Å²) < 4.78 is 31.0. The number of carbonyl (C=O) groups is 2. The Morgan fingerprint density at radius 3 is 2.29 bits per heavy atom. The van der Waals surface area contributed by atoms with Gasteiger partial charge in [0.2, 0.25) is 10.0 Å². The lowest BCUT2D eigenvalue weighted by atomic mass is 10.1. The maximum absolute atomic E-state index is 12.1. The van der Waals surface area contributed by atoms with Crippen molar-refractivity contribution in [2.24, 2.45) is 11.3 Å². The zero-order chi connectivity index (χ0) is 16.3. The summed E-state index contributed by atoms with van der Waals surface area (Å²) in [6, 6.07) is -1.14. The van der Waals surface area contributed by atoms with E-state index in [2.05, 4.69) is 9.46 Å². The fraction of sp³-hybridized carbons (Fsp3) is 0.846. The van der Waals surface area contributed by atoms with Crippen molar-refractivity contribution in [3.05, 3.63) is 0 Å². The number of carboxylic acid groups (broad SMARTS) is 1. The van der Waals surface area contributed by atoms with E-state index in [1.807, 2.05) is 13.8 Å². The lowest BCUT2D eigenvalue weighted by Crippen LogP contribution is -2.44. The summed E-state index contributed by atoms with van der Waals surface area (Å²) in [6.07, 6.45) is 1.53. The van der Waals surface area contributed by atoms with Gasteiger partial charge in [-0.1, -0.05) is 13.8 Å². The normalized spacial score (nSPS) is 18.3. The molecule has 0 radical (unpaired) electrons. The fourth-order valence-electron chi connectivity index (χ4n) is 2.26. The highest BCUT2D eigenvalue weighted by Gasteiger charge is 2.48. The largest absolute Gasteiger partial charge is 0.480 e. The quantitative estimate of drug-likeness (QED) is 0.606. The van der Waals surface area contributed by atoms with E-state index in [-0.39, 0.29) is 24.5 Å². The minimum atomic E-state index is -3.76. The number of hydrogen-bond donors (Lipinski definition) is 2. The summed E-state index contributed by atoms with van der Waals surface area (Å²) in [7, 11) is -2.50. The van der Waals surface area contributed by atoms with Gasteiger partial charge >= 0.3 is 11.9 Å². The van der Waals surface area contributed by atoms with Crippen LogP contribution in [0.4, 0.5) is 0 Å². The van der Waals surface area contributed by atoms with Crippen LogP contribution in [0, 0.1) is 11.3 Å². The molecule has 0 aromatic heterocycles. The topological polar surface area (TPSA) is 110 Å². The summed E-state index contributed by atoms with van der Waals surface area (Å²) in [5.41, 5.74) is -0.597. The fourth-order valence-corrected chi connectivity index (χ4v) is 4.17. The SMILES string of the molecule is COC(=O)CC1(CS(=O)(=O)NC(CC(C)C)C(=O)O)CC1. The monoisotopic (exact) mass is 321 g/mol. The van der Waals surface area contributed by atoms with Crippen LogP contribution >= 0.6 is 0 Å². The van der Waals surface area contributed by atoms with Crippen molar-refractivity contribution in [1.82, 2.24) is 4.72 Å². The molecular weight excluding hydrogens is 298 g/mol. The molecule has 1 aliphatic rings. The highest BCUT2D eigenvalue weighted by molar-refractivity contribution is 7.89. The maximum Gasteiger partial charge on any atom is 0.321 e. The van der Waals surface area contributed by atoms with E-state index in [4.69, 9.17) is 5.11 Å². The van der Waals surface area contributed by atoms with Crippen LogP contribution in [0.5, 0.6) is 0 Å². The standard InChI is InChI=1S/C13H23NO6S/c1-9(2)6-10(12(16)17)14-21(18,19)8-13(4-5-13)7-11(15)20-3/h9-10,14H,4-8H2,1-3H3,(H,16,17). The summed E-state index contributed by atoms with van der Waals surface area (Å²) in [5, 5.41) is 9.08. The van der Waals surface area contributed by atoms with Crippen LogP contribution in [0.3, 0.4) is 0 Å². The molecule has 1 atom stereocenters. The van der Waals surface area contributed by atoms with E-state index in [0.717, 1.165) is 0 Å². The van der Waals surface area contributed by atoms with E-state index in [9.17, 15) is 18.0 Å². The zero-order valence-electron chi connectivity index (χ0n) is 12.6. The number of esters is 1. The molecule has 0 aromatic carbocycles. The van der Waals surface area contributed by atoms with Crippen LogP contribution in [-0.2, 0) is 24.3 Å². The molecular formula is C13H23NO6S. The first kappa shape index (κ1) is 17.9. The van der Waals surface area contributed by atoms with E-state index < -0.39 is 33.4 Å². The smallest absolute Gasteiger partial charge is 0.321 e. The highest BCUT2D eigenvalue weighted by atomic mass is 32.2. The van der Waals surface area contributed by atoms with Gasteiger partial charge < -0.3 is 9.84 Å². The molecule has 1 saturated carbocycles. The van der Waals surface area contributed by atoms with Crippen LogP contribution in [0.15, 0.2) is 0 Å². The zero-order valence-corrected chi connectivity index (χ0v) is 13.4. The molecule has 0 aliphatic heterocycles. The number of methoxy groups -OCH3 is 1. The maximum atomic E-state index is 12.1. The predicted molar refractivity (Wildman–Crippen MR) is 76.1 cm³/mol. The molecule has 1 unspecified atom stereocenters. The van der Waals surface area contributed by atoms with Gasteiger partial charge in [0, 0.05) is 0 Å². The molecule has 1 aliphatic carbocycles. The number of hydrogen-bond acceptors (Lipinski definition) is 5. The van der Waals surface area contributed by atoms with Crippen molar-refractivity contribution < 1.29 is 27.9 Å². The molecule has 1 rings (SSSR count). The van der Waals surface area contributed by atoms with Crippen molar-refractivity contribution in [2.75, 3.05) is 12.9 Å². The lowest BCUT2D eigenvalue weighted by Gasteiger charge is -2.19. The minimum absolute atomic E-state index is 0.0479. The average molecular weight is 321 g/mol. The Bertz CT molecular complexity index is 495. The molecule has 7 nitrogen and oxygen atoms in total. The third kappa shape index (κ3) is 6.01. The number of ether oxygens (including phenoxy) is 1. The van der Waals surface area contributed by atoms with Gasteiger partial charge in [-0.2, -0.15) is 0 Å². The number of sulfonamides is 1. The lowest BCUT2D eigenvalue weighted by molar-refractivity contribution is -0.142. The van der Waals surface area contributed by atoms with Crippen LogP contribution in [0.25, 0.3) is 0 Å². The first-order valence-electron chi connectivity index (χ1n) is 6.89. The van der Waals surface area contributed by atoms with Gasteiger partial charge in [-0.3, -0.25) is 9.59 Å². The molecule has 122 valence electrons. The Balaban J connectivity index is 2.68. The van der Waals surface area contributed by atoms with Crippen LogP contribution in [-0.4, -0.2) is 44.4 Å². The molecule has 0 spiro atoms. The van der Waals surface area contributed by atoms with Crippen molar-refractivity contribution in [1.29, 1.82) is 0 Å². The summed E-state index contributed by atoms with van der Waals surface area (Å²) in [5.74, 6) is -1.82. The second-order valence-electron chi connectivity index (χ2n) is 6.15. The molecule has 2 N–H and O–H groups in total. The highest BCUT2D eigenvalue weighted by Crippen LogP contribution is 2.49. The number of carboxylic acids is 1. The molecule has 0 aromatic rings. The molecule has 0 saturated heterocycles. The molecule has 1 fully saturated rings. The Morgan fingerprint density at radius 1 is 1.33 bits per heavy atom. The molecule has 0 amide bonds. The van der Waals surface area contributed by atoms with Crippen molar-refractivity contribution in [3.8, 4) is 0 Å². The Kier molecular flexibility index (Phi) is 5.75. The molecule has 8 heteroatoms. The van der Waals surface area contributed by atoms with E-state index >= 15 is 0 Å². The Hall–Kier alpha value is -1.15.